The SMILES string of the molecule is CO[C@@H]1/C(=C\c2ncc(-c3cc4ccncc4cc3O)nn2)CC2NC1CC2(F)F. The van der Waals surface area contributed by atoms with E-state index in [9.17, 15) is 13.9 Å². The summed E-state index contributed by atoms with van der Waals surface area (Å²) in [5.41, 5.74) is 1.63. The molecule has 9 heteroatoms. The van der Waals surface area contributed by atoms with Crippen LogP contribution in [0.25, 0.3) is 28.1 Å². The Morgan fingerprint density at radius 3 is 2.87 bits per heavy atom. The standard InChI is InChI=1S/C21H19F2N5O2/c1-30-20-12(6-18-21(22,23)8-15(20)26-18)7-19-25-10-16(27-28-19)14-4-11-2-3-24-9-13(11)5-17(14)29/h2-5,7,9-10,15,18,20,26,29H,6,8H2,1H3/b12-7-/t15?,18?,20-/m1/s1. The topological polar surface area (TPSA) is 93.1 Å². The summed E-state index contributed by atoms with van der Waals surface area (Å²) >= 11 is 0. The van der Waals surface area contributed by atoms with Crippen molar-refractivity contribution in [3.63, 3.8) is 0 Å². The molecule has 154 valence electrons. The summed E-state index contributed by atoms with van der Waals surface area (Å²) in [6, 6.07) is 3.90. The maximum atomic E-state index is 14.1. The van der Waals surface area contributed by atoms with Crippen LogP contribution in [0.2, 0.25) is 0 Å². The van der Waals surface area contributed by atoms with Gasteiger partial charge in [-0.2, -0.15) is 0 Å². The lowest BCUT2D eigenvalue weighted by atomic mass is 9.95. The Hall–Kier alpha value is -3.04. The number of aromatic hydroxyl groups is 1. The first-order valence-electron chi connectivity index (χ1n) is 9.58. The number of nitrogens with one attached hydrogen (secondary N) is 1. The number of benzene rings is 1. The highest BCUT2D eigenvalue weighted by molar-refractivity contribution is 5.89. The van der Waals surface area contributed by atoms with Gasteiger partial charge < -0.3 is 15.2 Å². The van der Waals surface area contributed by atoms with Gasteiger partial charge in [-0.05, 0) is 41.7 Å². The number of aromatic nitrogens is 4. The van der Waals surface area contributed by atoms with Gasteiger partial charge in [-0.25, -0.2) is 13.8 Å². The summed E-state index contributed by atoms with van der Waals surface area (Å²) in [6.45, 7) is 0. The number of fused-ring (bicyclic) bond motifs is 3. The lowest BCUT2D eigenvalue weighted by molar-refractivity contribution is -0.00999. The third-order valence-corrected chi connectivity index (χ3v) is 5.77. The second-order valence-electron chi connectivity index (χ2n) is 7.66. The molecule has 3 atom stereocenters. The predicted octanol–water partition coefficient (Wildman–Crippen LogP) is 2.96. The fourth-order valence-electron chi connectivity index (χ4n) is 4.31. The Bertz CT molecular complexity index is 1140. The largest absolute Gasteiger partial charge is 0.507 e. The van der Waals surface area contributed by atoms with Crippen molar-refractivity contribution in [1.82, 2.24) is 25.5 Å². The monoisotopic (exact) mass is 411 g/mol. The van der Waals surface area contributed by atoms with Crippen molar-refractivity contribution in [2.45, 2.75) is 37.0 Å². The van der Waals surface area contributed by atoms with Crippen LogP contribution in [0.1, 0.15) is 18.7 Å². The van der Waals surface area contributed by atoms with E-state index in [1.807, 2.05) is 6.07 Å². The molecular weight excluding hydrogens is 392 g/mol. The second-order valence-corrected chi connectivity index (χ2v) is 7.66. The molecule has 5 rings (SSSR count). The molecule has 2 unspecified atom stereocenters. The van der Waals surface area contributed by atoms with Crippen molar-refractivity contribution in [3.05, 3.63) is 48.2 Å². The summed E-state index contributed by atoms with van der Waals surface area (Å²) in [5, 5.41) is 23.3. The molecule has 7 nitrogen and oxygen atoms in total. The fourth-order valence-corrected chi connectivity index (χ4v) is 4.31. The molecule has 2 aliphatic heterocycles. The van der Waals surface area contributed by atoms with Crippen molar-refractivity contribution in [3.8, 4) is 17.0 Å². The normalized spacial score (nSPS) is 26.4. The number of piperidine rings is 1. The highest BCUT2D eigenvalue weighted by Crippen LogP contribution is 2.42. The molecule has 0 aliphatic carbocycles. The van der Waals surface area contributed by atoms with Crippen molar-refractivity contribution < 1.29 is 18.6 Å². The molecule has 2 aromatic heterocycles. The number of halogens is 2. The molecule has 3 aromatic rings. The van der Waals surface area contributed by atoms with Gasteiger partial charge in [-0.15, -0.1) is 10.2 Å². The van der Waals surface area contributed by atoms with E-state index in [0.29, 0.717) is 17.1 Å². The highest BCUT2D eigenvalue weighted by Gasteiger charge is 2.54. The summed E-state index contributed by atoms with van der Waals surface area (Å²) in [4.78, 5) is 8.35. The van der Waals surface area contributed by atoms with Crippen LogP contribution >= 0.6 is 0 Å². The summed E-state index contributed by atoms with van der Waals surface area (Å²) in [5.74, 6) is -2.40. The molecule has 2 N–H and O–H groups in total. The zero-order valence-electron chi connectivity index (χ0n) is 16.1. The van der Waals surface area contributed by atoms with Crippen LogP contribution in [0.3, 0.4) is 0 Å². The quantitative estimate of drug-likeness (QED) is 0.684. The maximum Gasteiger partial charge on any atom is 0.265 e. The van der Waals surface area contributed by atoms with Crippen LogP contribution in [0.5, 0.6) is 5.75 Å². The molecule has 4 heterocycles. The van der Waals surface area contributed by atoms with Crippen LogP contribution in [-0.4, -0.2) is 56.5 Å². The number of pyridine rings is 1. The molecule has 2 aliphatic rings. The van der Waals surface area contributed by atoms with E-state index < -0.39 is 24.1 Å². The summed E-state index contributed by atoms with van der Waals surface area (Å²) in [7, 11) is 1.51. The average molecular weight is 411 g/mol. The molecule has 0 radical (unpaired) electrons. The third kappa shape index (κ3) is 3.20. The number of phenols is 1. The Labute approximate surface area is 170 Å². The van der Waals surface area contributed by atoms with Crippen LogP contribution in [0.4, 0.5) is 8.78 Å². The van der Waals surface area contributed by atoms with Gasteiger partial charge in [0, 0.05) is 42.9 Å². The zero-order chi connectivity index (χ0) is 20.9. The van der Waals surface area contributed by atoms with Gasteiger partial charge in [0.15, 0.2) is 5.82 Å². The van der Waals surface area contributed by atoms with Crippen LogP contribution < -0.4 is 5.32 Å². The maximum absolute atomic E-state index is 14.1. The number of rotatable bonds is 3. The first-order chi connectivity index (χ1) is 14.4. The zero-order valence-corrected chi connectivity index (χ0v) is 16.1. The third-order valence-electron chi connectivity index (χ3n) is 5.77. The van der Waals surface area contributed by atoms with Gasteiger partial charge >= 0.3 is 0 Å². The Morgan fingerprint density at radius 2 is 2.10 bits per heavy atom. The Kier molecular flexibility index (Phi) is 4.44. The minimum atomic E-state index is -2.76. The minimum absolute atomic E-state index is 0.0503. The van der Waals surface area contributed by atoms with E-state index in [4.69, 9.17) is 4.74 Å². The van der Waals surface area contributed by atoms with Crippen molar-refractivity contribution >= 4 is 16.8 Å². The summed E-state index contributed by atoms with van der Waals surface area (Å²) in [6.07, 6.45) is 5.96. The van der Waals surface area contributed by atoms with Crippen molar-refractivity contribution in [2.75, 3.05) is 7.11 Å². The van der Waals surface area contributed by atoms with E-state index in [1.165, 1.54) is 13.3 Å². The number of phenolic OH excluding ortho intramolecular Hbond substituents is 1. The fraction of sp³-hybridized carbons (Fsp3) is 0.333. The number of methoxy groups -OCH3 is 1. The van der Waals surface area contributed by atoms with Gasteiger partial charge in [0.2, 0.25) is 0 Å². The first kappa shape index (κ1) is 19.0. The predicted molar refractivity (Wildman–Crippen MR) is 106 cm³/mol. The molecule has 0 amide bonds. The van der Waals surface area contributed by atoms with E-state index >= 15 is 0 Å². The van der Waals surface area contributed by atoms with Crippen molar-refractivity contribution in [1.29, 1.82) is 0 Å². The van der Waals surface area contributed by atoms with E-state index in [2.05, 4.69) is 25.5 Å². The smallest absolute Gasteiger partial charge is 0.265 e. The number of alkyl halides is 2. The van der Waals surface area contributed by atoms with E-state index in [1.54, 1.807) is 30.6 Å². The number of ether oxygens (including phenoxy) is 1. The first-order valence-corrected chi connectivity index (χ1v) is 9.58. The minimum Gasteiger partial charge on any atom is -0.507 e. The molecular formula is C21H19F2N5O2. The van der Waals surface area contributed by atoms with Gasteiger partial charge in [-0.3, -0.25) is 4.98 Å². The molecule has 1 aromatic carbocycles. The second kappa shape index (κ2) is 7.03. The van der Waals surface area contributed by atoms with E-state index in [-0.39, 0.29) is 18.6 Å². The van der Waals surface area contributed by atoms with E-state index in [0.717, 1.165) is 16.3 Å². The van der Waals surface area contributed by atoms with Crippen LogP contribution in [0.15, 0.2) is 42.4 Å². The lowest BCUT2D eigenvalue weighted by Crippen LogP contribution is -2.47. The molecule has 0 saturated carbocycles. The molecule has 0 spiro atoms. The average Bonchev–Trinajstić information content (AvgIpc) is 2.97. The number of hydrogen-bond acceptors (Lipinski definition) is 7. The van der Waals surface area contributed by atoms with Gasteiger partial charge in [-0.1, -0.05) is 0 Å². The highest BCUT2D eigenvalue weighted by atomic mass is 19.3. The van der Waals surface area contributed by atoms with Gasteiger partial charge in [0.25, 0.3) is 5.92 Å². The Balaban J connectivity index is 1.45. The van der Waals surface area contributed by atoms with Gasteiger partial charge in [0.1, 0.15) is 11.4 Å². The number of nitrogens with zero attached hydrogens (tertiary/aromatic N) is 4. The van der Waals surface area contributed by atoms with Gasteiger partial charge in [0.05, 0.1) is 18.3 Å². The van der Waals surface area contributed by atoms with Crippen molar-refractivity contribution in [2.24, 2.45) is 0 Å². The molecule has 2 bridgehead atoms. The molecule has 2 fully saturated rings. The Morgan fingerprint density at radius 1 is 1.23 bits per heavy atom. The number of hydrogen-bond donors (Lipinski definition) is 2. The summed E-state index contributed by atoms with van der Waals surface area (Å²) < 4.78 is 33.7. The molecule has 2 saturated heterocycles. The lowest BCUT2D eigenvalue weighted by Gasteiger charge is -2.31. The molecule has 30 heavy (non-hydrogen) atoms. The van der Waals surface area contributed by atoms with Crippen LogP contribution in [-0.2, 0) is 4.74 Å². The van der Waals surface area contributed by atoms with Crippen LogP contribution in [0, 0.1) is 0 Å².